The van der Waals surface area contributed by atoms with Crippen molar-refractivity contribution in [2.75, 3.05) is 0 Å². The lowest BCUT2D eigenvalue weighted by atomic mass is 10.2. The molecule has 0 aliphatic carbocycles. The van der Waals surface area contributed by atoms with E-state index in [1.54, 1.807) is 0 Å². The number of rotatable bonds is 4. The van der Waals surface area contributed by atoms with E-state index in [0.29, 0.717) is 11.8 Å². The molecule has 0 fully saturated rings. The zero-order chi connectivity index (χ0) is 19.0. The summed E-state index contributed by atoms with van der Waals surface area (Å²) in [5.74, 6) is 1.31. The normalized spacial score (nSPS) is 11.0. The molecule has 0 N–H and O–H groups in total. The molecule has 5 nitrogen and oxygen atoms in total. The number of hydrogen-bond acceptors (Lipinski definition) is 3. The van der Waals surface area contributed by atoms with Crippen molar-refractivity contribution < 1.29 is 4.74 Å². The molecule has 0 radical (unpaired) electrons. The maximum atomic E-state index is 6.25. The van der Waals surface area contributed by atoms with Crippen LogP contribution in [-0.2, 0) is 0 Å². The number of nitrogens with zero attached hydrogens (tertiary/aromatic N) is 4. The van der Waals surface area contributed by atoms with Gasteiger partial charge in [-0.1, -0.05) is 35.4 Å². The van der Waals surface area contributed by atoms with Crippen molar-refractivity contribution in [2.24, 2.45) is 0 Å². The summed E-state index contributed by atoms with van der Waals surface area (Å²) in [6.07, 6.45) is 0. The van der Waals surface area contributed by atoms with Crippen molar-refractivity contribution in [2.45, 2.75) is 27.7 Å². The van der Waals surface area contributed by atoms with Gasteiger partial charge in [-0.3, -0.25) is 0 Å². The van der Waals surface area contributed by atoms with Crippen molar-refractivity contribution in [3.63, 3.8) is 0 Å². The molecule has 0 unspecified atom stereocenters. The molecule has 4 rings (SSSR count). The lowest BCUT2D eigenvalue weighted by Crippen LogP contribution is -2.03. The summed E-state index contributed by atoms with van der Waals surface area (Å²) in [7, 11) is 0. The Balaban J connectivity index is 1.73. The Morgan fingerprint density at radius 3 is 1.33 bits per heavy atom. The van der Waals surface area contributed by atoms with Gasteiger partial charge in [0.15, 0.2) is 0 Å². The smallest absolute Gasteiger partial charge is 0.224 e. The van der Waals surface area contributed by atoms with Gasteiger partial charge in [0.25, 0.3) is 0 Å². The van der Waals surface area contributed by atoms with Crippen LogP contribution in [0.2, 0.25) is 0 Å². The predicted octanol–water partition coefficient (Wildman–Crippen LogP) is 5.08. The van der Waals surface area contributed by atoms with Gasteiger partial charge >= 0.3 is 0 Å². The Morgan fingerprint density at radius 1 is 0.593 bits per heavy atom. The molecule has 0 amide bonds. The van der Waals surface area contributed by atoms with Crippen molar-refractivity contribution in [3.8, 4) is 23.1 Å². The second kappa shape index (κ2) is 6.76. The Labute approximate surface area is 158 Å². The lowest BCUT2D eigenvalue weighted by Gasteiger charge is -2.11. The zero-order valence-electron chi connectivity index (χ0n) is 16.0. The maximum absolute atomic E-state index is 6.25. The van der Waals surface area contributed by atoms with Gasteiger partial charge in [-0.05, 0) is 52.0 Å². The molecule has 136 valence electrons. The summed E-state index contributed by atoms with van der Waals surface area (Å²) in [6.45, 7) is 8.05. The summed E-state index contributed by atoms with van der Waals surface area (Å²) >= 11 is 0. The van der Waals surface area contributed by atoms with Gasteiger partial charge in [0.2, 0.25) is 11.8 Å². The van der Waals surface area contributed by atoms with Gasteiger partial charge in [-0.2, -0.15) is 10.2 Å². The first-order chi connectivity index (χ1) is 13.0. The highest BCUT2D eigenvalue weighted by Crippen LogP contribution is 2.28. The molecule has 0 saturated heterocycles. The lowest BCUT2D eigenvalue weighted by molar-refractivity contribution is 0.413. The van der Waals surface area contributed by atoms with Gasteiger partial charge < -0.3 is 4.74 Å². The number of hydrogen-bond donors (Lipinski definition) is 0. The van der Waals surface area contributed by atoms with Crippen LogP contribution in [0.5, 0.6) is 11.8 Å². The number of benzene rings is 2. The molecule has 2 aromatic carbocycles. The average Bonchev–Trinajstić information content (AvgIpc) is 3.19. The second-order valence-electron chi connectivity index (χ2n) is 6.84. The topological polar surface area (TPSA) is 44.9 Å². The Hall–Kier alpha value is -3.34. The Kier molecular flexibility index (Phi) is 4.28. The Morgan fingerprint density at radius 2 is 0.963 bits per heavy atom. The third-order valence-electron chi connectivity index (χ3n) is 4.36. The molecule has 0 aliphatic heterocycles. The van der Waals surface area contributed by atoms with Crippen LogP contribution >= 0.6 is 0 Å². The average molecular weight is 358 g/mol. The molecular formula is C22H22N4O. The predicted molar refractivity (Wildman–Crippen MR) is 106 cm³/mol. The van der Waals surface area contributed by atoms with Crippen LogP contribution in [0, 0.1) is 27.7 Å². The van der Waals surface area contributed by atoms with Crippen LogP contribution in [0.4, 0.5) is 0 Å². The summed E-state index contributed by atoms with van der Waals surface area (Å²) < 4.78 is 9.88. The first-order valence-electron chi connectivity index (χ1n) is 8.95. The third-order valence-corrected chi connectivity index (χ3v) is 4.36. The largest absolute Gasteiger partial charge is 0.420 e. The number of aromatic nitrogens is 4. The first kappa shape index (κ1) is 17.1. The van der Waals surface area contributed by atoms with E-state index in [0.717, 1.165) is 22.8 Å². The summed E-state index contributed by atoms with van der Waals surface area (Å²) in [5, 5.41) is 9.18. The minimum atomic E-state index is 0.657. The molecule has 2 heterocycles. The fourth-order valence-corrected chi connectivity index (χ4v) is 2.95. The number of ether oxygens (including phenoxy) is 1. The first-order valence-corrected chi connectivity index (χ1v) is 8.95. The van der Waals surface area contributed by atoms with Gasteiger partial charge in [-0.25, -0.2) is 9.36 Å². The monoisotopic (exact) mass is 358 g/mol. The van der Waals surface area contributed by atoms with Gasteiger partial charge in [0.1, 0.15) is 0 Å². The number of aryl methyl sites for hydroxylation is 4. The molecule has 2 aromatic heterocycles. The summed E-state index contributed by atoms with van der Waals surface area (Å²) in [5.41, 5.74) is 6.12. The van der Waals surface area contributed by atoms with Crippen LogP contribution in [0.1, 0.15) is 22.5 Å². The molecule has 0 atom stereocenters. The van der Waals surface area contributed by atoms with Crippen molar-refractivity contribution in [3.05, 3.63) is 83.2 Å². The van der Waals surface area contributed by atoms with E-state index in [1.807, 2.05) is 59.6 Å². The standard InChI is InChI=1S/C22H22N4O/c1-15-5-9-19(10-6-15)25-21(13-17(3)23-25)27-22-14-18(4)24-26(22)20-11-7-16(2)8-12-20/h5-14H,1-4H3. The highest BCUT2D eigenvalue weighted by molar-refractivity contribution is 5.41. The van der Waals surface area contributed by atoms with E-state index in [4.69, 9.17) is 4.74 Å². The van der Waals surface area contributed by atoms with E-state index < -0.39 is 0 Å². The fourth-order valence-electron chi connectivity index (χ4n) is 2.95. The molecule has 0 saturated carbocycles. The Bertz CT molecular complexity index is 985. The molecular weight excluding hydrogens is 336 g/mol. The van der Waals surface area contributed by atoms with Crippen molar-refractivity contribution >= 4 is 0 Å². The molecule has 4 aromatic rings. The van der Waals surface area contributed by atoms with Crippen molar-refractivity contribution in [1.29, 1.82) is 0 Å². The van der Waals surface area contributed by atoms with Crippen LogP contribution in [-0.4, -0.2) is 19.6 Å². The van der Waals surface area contributed by atoms with Gasteiger partial charge in [0, 0.05) is 12.1 Å². The van der Waals surface area contributed by atoms with E-state index in [-0.39, 0.29) is 0 Å². The van der Waals surface area contributed by atoms with E-state index in [2.05, 4.69) is 48.3 Å². The zero-order valence-corrected chi connectivity index (χ0v) is 16.0. The molecule has 5 heteroatoms. The summed E-state index contributed by atoms with van der Waals surface area (Å²) in [6, 6.07) is 20.3. The molecule has 27 heavy (non-hydrogen) atoms. The SMILES string of the molecule is Cc1ccc(-n2nc(C)cc2Oc2cc(C)nn2-c2ccc(C)cc2)cc1. The minimum Gasteiger partial charge on any atom is -0.420 e. The maximum Gasteiger partial charge on any atom is 0.224 e. The minimum absolute atomic E-state index is 0.657. The van der Waals surface area contributed by atoms with Gasteiger partial charge in [0.05, 0.1) is 22.8 Å². The highest BCUT2D eigenvalue weighted by Gasteiger charge is 2.15. The second-order valence-corrected chi connectivity index (χ2v) is 6.84. The van der Waals surface area contributed by atoms with E-state index in [9.17, 15) is 0 Å². The van der Waals surface area contributed by atoms with Crippen LogP contribution in [0.3, 0.4) is 0 Å². The van der Waals surface area contributed by atoms with Crippen LogP contribution in [0.15, 0.2) is 60.7 Å². The summed E-state index contributed by atoms with van der Waals surface area (Å²) in [4.78, 5) is 0. The quantitative estimate of drug-likeness (QED) is 0.511. The molecule has 0 aliphatic rings. The van der Waals surface area contributed by atoms with E-state index >= 15 is 0 Å². The fraction of sp³-hybridized carbons (Fsp3) is 0.182. The van der Waals surface area contributed by atoms with Gasteiger partial charge in [-0.15, -0.1) is 0 Å². The van der Waals surface area contributed by atoms with Crippen molar-refractivity contribution in [1.82, 2.24) is 19.6 Å². The molecule has 0 spiro atoms. The third kappa shape index (κ3) is 3.49. The molecule has 0 bridgehead atoms. The van der Waals surface area contributed by atoms with E-state index in [1.165, 1.54) is 11.1 Å². The van der Waals surface area contributed by atoms with Crippen LogP contribution < -0.4 is 4.74 Å². The van der Waals surface area contributed by atoms with Crippen LogP contribution in [0.25, 0.3) is 11.4 Å². The highest BCUT2D eigenvalue weighted by atomic mass is 16.5.